The van der Waals surface area contributed by atoms with Crippen LogP contribution >= 0.6 is 23.2 Å². The molecular weight excluding hydrogens is 375 g/mol. The molecule has 0 spiro atoms. The standard InChI is InChI=1S/C19H18Cl2N2O3/c20-15-6-5-13(11-16(15)21)12-18(24)22-17-4-2-1-3-14(17)19(25)23-7-9-26-10-8-23/h1-6,11H,7-10,12H2,(H,22,24). The Morgan fingerprint density at radius 1 is 1.04 bits per heavy atom. The monoisotopic (exact) mass is 392 g/mol. The molecule has 1 aliphatic heterocycles. The lowest BCUT2D eigenvalue weighted by Gasteiger charge is -2.27. The van der Waals surface area contributed by atoms with Crippen LogP contribution < -0.4 is 5.32 Å². The molecule has 2 aromatic rings. The van der Waals surface area contributed by atoms with Gasteiger partial charge < -0.3 is 15.0 Å². The van der Waals surface area contributed by atoms with Gasteiger partial charge in [-0.2, -0.15) is 0 Å². The topological polar surface area (TPSA) is 58.6 Å². The first-order valence-corrected chi connectivity index (χ1v) is 9.00. The molecule has 0 radical (unpaired) electrons. The van der Waals surface area contributed by atoms with Gasteiger partial charge in [0.05, 0.1) is 40.9 Å². The molecule has 3 rings (SSSR count). The number of morpholine rings is 1. The molecule has 2 amide bonds. The molecule has 1 aliphatic rings. The molecule has 0 bridgehead atoms. The summed E-state index contributed by atoms with van der Waals surface area (Å²) < 4.78 is 5.28. The Morgan fingerprint density at radius 2 is 1.77 bits per heavy atom. The van der Waals surface area contributed by atoms with Gasteiger partial charge in [0.15, 0.2) is 0 Å². The van der Waals surface area contributed by atoms with E-state index in [1.807, 2.05) is 0 Å². The average Bonchev–Trinajstić information content (AvgIpc) is 2.65. The number of hydrogen-bond donors (Lipinski definition) is 1. The van der Waals surface area contributed by atoms with E-state index in [1.54, 1.807) is 47.4 Å². The zero-order valence-electron chi connectivity index (χ0n) is 14.0. The van der Waals surface area contributed by atoms with Gasteiger partial charge in [-0.25, -0.2) is 0 Å². The fourth-order valence-electron chi connectivity index (χ4n) is 2.74. The normalized spacial score (nSPS) is 14.2. The Kier molecular flexibility index (Phi) is 6.14. The van der Waals surface area contributed by atoms with Gasteiger partial charge in [0.1, 0.15) is 0 Å². The zero-order valence-corrected chi connectivity index (χ0v) is 15.5. The van der Waals surface area contributed by atoms with E-state index in [4.69, 9.17) is 27.9 Å². The van der Waals surface area contributed by atoms with E-state index in [-0.39, 0.29) is 18.2 Å². The van der Waals surface area contributed by atoms with Crippen molar-refractivity contribution in [3.63, 3.8) is 0 Å². The number of benzene rings is 2. The predicted molar refractivity (Wildman–Crippen MR) is 102 cm³/mol. The summed E-state index contributed by atoms with van der Waals surface area (Å²) in [4.78, 5) is 26.9. The maximum absolute atomic E-state index is 12.7. The summed E-state index contributed by atoms with van der Waals surface area (Å²) in [5.41, 5.74) is 1.71. The minimum absolute atomic E-state index is 0.112. The van der Waals surface area contributed by atoms with Crippen molar-refractivity contribution in [1.82, 2.24) is 4.90 Å². The SMILES string of the molecule is O=C(Cc1ccc(Cl)c(Cl)c1)Nc1ccccc1C(=O)N1CCOCC1. The van der Waals surface area contributed by atoms with Crippen molar-refractivity contribution in [1.29, 1.82) is 0 Å². The third-order valence-corrected chi connectivity index (χ3v) is 4.82. The summed E-state index contributed by atoms with van der Waals surface area (Å²) in [5, 5.41) is 3.66. The number of para-hydroxylation sites is 1. The van der Waals surface area contributed by atoms with Gasteiger partial charge in [-0.05, 0) is 29.8 Å². The lowest BCUT2D eigenvalue weighted by molar-refractivity contribution is -0.115. The van der Waals surface area contributed by atoms with Crippen LogP contribution in [0.1, 0.15) is 15.9 Å². The van der Waals surface area contributed by atoms with Gasteiger partial charge in [0.25, 0.3) is 5.91 Å². The van der Waals surface area contributed by atoms with E-state index in [9.17, 15) is 9.59 Å². The maximum Gasteiger partial charge on any atom is 0.256 e. The fourth-order valence-corrected chi connectivity index (χ4v) is 3.07. The molecule has 136 valence electrons. The van der Waals surface area contributed by atoms with Crippen LogP contribution in [0, 0.1) is 0 Å². The minimum Gasteiger partial charge on any atom is -0.378 e. The van der Waals surface area contributed by atoms with E-state index < -0.39 is 0 Å². The van der Waals surface area contributed by atoms with Gasteiger partial charge in [0, 0.05) is 13.1 Å². The Labute approximate surface area is 161 Å². The van der Waals surface area contributed by atoms with Gasteiger partial charge in [-0.1, -0.05) is 41.4 Å². The smallest absolute Gasteiger partial charge is 0.256 e. The van der Waals surface area contributed by atoms with Crippen molar-refractivity contribution >= 4 is 40.7 Å². The lowest BCUT2D eigenvalue weighted by atomic mass is 10.1. The first-order chi connectivity index (χ1) is 12.5. The second kappa shape index (κ2) is 8.54. The number of halogens is 2. The third-order valence-electron chi connectivity index (χ3n) is 4.08. The van der Waals surface area contributed by atoms with Gasteiger partial charge in [0.2, 0.25) is 5.91 Å². The summed E-state index contributed by atoms with van der Waals surface area (Å²) >= 11 is 11.9. The fraction of sp³-hybridized carbons (Fsp3) is 0.263. The molecule has 1 heterocycles. The highest BCUT2D eigenvalue weighted by molar-refractivity contribution is 6.42. The summed E-state index contributed by atoms with van der Waals surface area (Å²) in [6, 6.07) is 12.1. The molecule has 1 fully saturated rings. The largest absolute Gasteiger partial charge is 0.378 e. The summed E-state index contributed by atoms with van der Waals surface area (Å²) in [6.07, 6.45) is 0.136. The molecule has 0 unspecified atom stereocenters. The average molecular weight is 393 g/mol. The van der Waals surface area contributed by atoms with Crippen LogP contribution in [0.15, 0.2) is 42.5 Å². The summed E-state index contributed by atoms with van der Waals surface area (Å²) in [7, 11) is 0. The van der Waals surface area contributed by atoms with Crippen LogP contribution in [0.25, 0.3) is 0 Å². The first kappa shape index (κ1) is 18.7. The molecule has 0 saturated carbocycles. The minimum atomic E-state index is -0.231. The number of hydrogen-bond acceptors (Lipinski definition) is 3. The van der Waals surface area contributed by atoms with Crippen molar-refractivity contribution in [3.05, 3.63) is 63.6 Å². The molecule has 0 aliphatic carbocycles. The molecule has 7 heteroatoms. The molecule has 0 atom stereocenters. The molecule has 1 N–H and O–H groups in total. The number of rotatable bonds is 4. The van der Waals surface area contributed by atoms with Crippen molar-refractivity contribution in [2.24, 2.45) is 0 Å². The highest BCUT2D eigenvalue weighted by Crippen LogP contribution is 2.23. The van der Waals surface area contributed by atoms with Crippen molar-refractivity contribution < 1.29 is 14.3 Å². The number of carbonyl (C=O) groups is 2. The number of amides is 2. The van der Waals surface area contributed by atoms with Crippen LogP contribution in [0.2, 0.25) is 10.0 Å². The predicted octanol–water partition coefficient (Wildman–Crippen LogP) is 3.65. The Balaban J connectivity index is 1.72. The van der Waals surface area contributed by atoms with Crippen LogP contribution in [-0.4, -0.2) is 43.0 Å². The number of nitrogens with zero attached hydrogens (tertiary/aromatic N) is 1. The number of ether oxygens (including phenoxy) is 1. The Hall–Kier alpha value is -2.08. The van der Waals surface area contributed by atoms with E-state index in [2.05, 4.69) is 5.32 Å². The second-order valence-electron chi connectivity index (χ2n) is 5.92. The van der Waals surface area contributed by atoms with Crippen LogP contribution in [-0.2, 0) is 16.0 Å². The van der Waals surface area contributed by atoms with Crippen LogP contribution in [0.4, 0.5) is 5.69 Å². The van der Waals surface area contributed by atoms with Gasteiger partial charge in [-0.3, -0.25) is 9.59 Å². The highest BCUT2D eigenvalue weighted by Gasteiger charge is 2.21. The third kappa shape index (κ3) is 4.55. The molecule has 2 aromatic carbocycles. The zero-order chi connectivity index (χ0) is 18.5. The van der Waals surface area contributed by atoms with Gasteiger partial charge in [-0.15, -0.1) is 0 Å². The Bertz CT molecular complexity index is 820. The second-order valence-corrected chi connectivity index (χ2v) is 6.74. The quantitative estimate of drug-likeness (QED) is 0.863. The van der Waals surface area contributed by atoms with Crippen LogP contribution in [0.5, 0.6) is 0 Å². The number of anilines is 1. The van der Waals surface area contributed by atoms with Crippen molar-refractivity contribution in [3.8, 4) is 0 Å². The van der Waals surface area contributed by atoms with Crippen LogP contribution in [0.3, 0.4) is 0 Å². The summed E-state index contributed by atoms with van der Waals surface area (Å²) in [6.45, 7) is 2.14. The van der Waals surface area contributed by atoms with Gasteiger partial charge >= 0.3 is 0 Å². The molecule has 26 heavy (non-hydrogen) atoms. The van der Waals surface area contributed by atoms with Crippen molar-refractivity contribution in [2.45, 2.75) is 6.42 Å². The Morgan fingerprint density at radius 3 is 2.50 bits per heavy atom. The maximum atomic E-state index is 12.7. The van der Waals surface area contributed by atoms with E-state index in [0.29, 0.717) is 47.6 Å². The molecule has 5 nitrogen and oxygen atoms in total. The van der Waals surface area contributed by atoms with E-state index >= 15 is 0 Å². The van der Waals surface area contributed by atoms with E-state index in [0.717, 1.165) is 5.56 Å². The van der Waals surface area contributed by atoms with Crippen molar-refractivity contribution in [2.75, 3.05) is 31.6 Å². The highest BCUT2D eigenvalue weighted by atomic mass is 35.5. The lowest BCUT2D eigenvalue weighted by Crippen LogP contribution is -2.41. The number of carbonyl (C=O) groups excluding carboxylic acids is 2. The number of nitrogens with one attached hydrogen (secondary N) is 1. The van der Waals surface area contributed by atoms with E-state index in [1.165, 1.54) is 0 Å². The molecule has 1 saturated heterocycles. The first-order valence-electron chi connectivity index (χ1n) is 8.24. The summed E-state index contributed by atoms with van der Waals surface area (Å²) in [5.74, 6) is -0.343. The molecule has 0 aromatic heterocycles. The molecular formula is C19H18Cl2N2O3.